The van der Waals surface area contributed by atoms with Gasteiger partial charge in [0.2, 0.25) is 0 Å². The maximum atomic E-state index is 10.8. The van der Waals surface area contributed by atoms with E-state index in [1.165, 1.54) is 6.07 Å². The number of ether oxygens (including phenoxy) is 1. The average molecular weight is 239 g/mol. The van der Waals surface area contributed by atoms with Crippen LogP contribution in [0.1, 0.15) is 6.92 Å². The maximum Gasteiger partial charge on any atom is 0.292 e. The van der Waals surface area contributed by atoms with Crippen LogP contribution in [-0.4, -0.2) is 30.7 Å². The van der Waals surface area contributed by atoms with Crippen molar-refractivity contribution in [3.63, 3.8) is 0 Å². The van der Waals surface area contributed by atoms with Gasteiger partial charge in [-0.25, -0.2) is 0 Å². The Kier molecular flexibility index (Phi) is 4.42. The molecule has 6 heteroatoms. The molecule has 0 bridgehead atoms. The minimum Gasteiger partial charge on any atom is -0.383 e. The first-order chi connectivity index (χ1) is 7.96. The molecule has 0 heterocycles. The molecular formula is C11H17N3O3. The van der Waals surface area contributed by atoms with Crippen molar-refractivity contribution in [1.82, 2.24) is 0 Å². The molecule has 0 saturated carbocycles. The van der Waals surface area contributed by atoms with E-state index in [1.54, 1.807) is 25.3 Å². The number of nitrogens with two attached hydrogens (primary N) is 1. The summed E-state index contributed by atoms with van der Waals surface area (Å²) in [5, 5.41) is 13.8. The number of anilines is 1. The van der Waals surface area contributed by atoms with Gasteiger partial charge in [0.15, 0.2) is 0 Å². The van der Waals surface area contributed by atoms with Crippen molar-refractivity contribution >= 4 is 11.4 Å². The molecule has 1 atom stereocenters. The molecule has 0 saturated heterocycles. The largest absolute Gasteiger partial charge is 0.383 e. The smallest absolute Gasteiger partial charge is 0.292 e. The third kappa shape index (κ3) is 4.01. The van der Waals surface area contributed by atoms with Gasteiger partial charge >= 0.3 is 0 Å². The highest BCUT2D eigenvalue weighted by atomic mass is 16.6. The number of para-hydroxylation sites is 2. The van der Waals surface area contributed by atoms with Crippen molar-refractivity contribution in [2.45, 2.75) is 12.5 Å². The Labute approximate surface area is 99.9 Å². The van der Waals surface area contributed by atoms with Gasteiger partial charge < -0.3 is 15.8 Å². The summed E-state index contributed by atoms with van der Waals surface area (Å²) in [5.74, 6) is 0. The Bertz CT molecular complexity index is 393. The van der Waals surface area contributed by atoms with Crippen LogP contribution in [0.15, 0.2) is 24.3 Å². The fourth-order valence-electron chi connectivity index (χ4n) is 1.46. The fraction of sp³-hybridized carbons (Fsp3) is 0.455. The molecule has 1 rings (SSSR count). The van der Waals surface area contributed by atoms with Crippen LogP contribution in [0.3, 0.4) is 0 Å². The predicted octanol–water partition coefficient (Wildman–Crippen LogP) is 1.37. The molecule has 0 aromatic heterocycles. The average Bonchev–Trinajstić information content (AvgIpc) is 2.27. The lowest BCUT2D eigenvalue weighted by atomic mass is 10.1. The SMILES string of the molecule is COC[C@@](C)(N)CNc1ccccc1[N+](=O)[O-]. The first-order valence-electron chi connectivity index (χ1n) is 5.21. The third-order valence-corrected chi connectivity index (χ3v) is 2.26. The molecular weight excluding hydrogens is 222 g/mol. The van der Waals surface area contributed by atoms with Crippen LogP contribution < -0.4 is 11.1 Å². The highest BCUT2D eigenvalue weighted by Crippen LogP contribution is 2.23. The zero-order chi connectivity index (χ0) is 12.9. The molecule has 0 amide bonds. The second-order valence-corrected chi connectivity index (χ2v) is 4.21. The number of nitrogens with one attached hydrogen (secondary N) is 1. The number of hydrogen-bond acceptors (Lipinski definition) is 5. The predicted molar refractivity (Wildman–Crippen MR) is 66.1 cm³/mol. The standard InChI is InChI=1S/C11H17N3O3/c1-11(12,8-17-2)7-13-9-5-3-4-6-10(9)14(15)16/h3-6,13H,7-8,12H2,1-2H3/t11-/m0/s1. The Morgan fingerprint density at radius 2 is 2.18 bits per heavy atom. The van der Waals surface area contributed by atoms with Crippen LogP contribution in [0.5, 0.6) is 0 Å². The van der Waals surface area contributed by atoms with Gasteiger partial charge in [-0.3, -0.25) is 10.1 Å². The van der Waals surface area contributed by atoms with Gasteiger partial charge in [0.1, 0.15) is 5.69 Å². The summed E-state index contributed by atoms with van der Waals surface area (Å²) in [6, 6.07) is 6.47. The number of nitro benzene ring substituents is 1. The van der Waals surface area contributed by atoms with E-state index < -0.39 is 10.5 Å². The Hall–Kier alpha value is -1.66. The lowest BCUT2D eigenvalue weighted by molar-refractivity contribution is -0.384. The maximum absolute atomic E-state index is 10.8. The number of methoxy groups -OCH3 is 1. The van der Waals surface area contributed by atoms with Crippen molar-refractivity contribution < 1.29 is 9.66 Å². The molecule has 1 aromatic rings. The second-order valence-electron chi connectivity index (χ2n) is 4.21. The van der Waals surface area contributed by atoms with E-state index >= 15 is 0 Å². The van der Waals surface area contributed by atoms with Crippen LogP contribution in [0.4, 0.5) is 11.4 Å². The summed E-state index contributed by atoms with van der Waals surface area (Å²) in [6.07, 6.45) is 0. The van der Waals surface area contributed by atoms with E-state index in [0.717, 1.165) is 0 Å². The van der Waals surface area contributed by atoms with E-state index in [1.807, 2.05) is 6.92 Å². The molecule has 94 valence electrons. The van der Waals surface area contributed by atoms with Crippen molar-refractivity contribution in [2.24, 2.45) is 5.73 Å². The van der Waals surface area contributed by atoms with Crippen LogP contribution in [0.2, 0.25) is 0 Å². The minimum atomic E-state index is -0.571. The van der Waals surface area contributed by atoms with Crippen LogP contribution >= 0.6 is 0 Å². The lowest BCUT2D eigenvalue weighted by Gasteiger charge is -2.24. The van der Waals surface area contributed by atoms with Gasteiger partial charge in [0.05, 0.1) is 17.1 Å². The van der Waals surface area contributed by atoms with Crippen molar-refractivity contribution in [2.75, 3.05) is 25.6 Å². The zero-order valence-corrected chi connectivity index (χ0v) is 9.97. The van der Waals surface area contributed by atoms with Crippen molar-refractivity contribution in [1.29, 1.82) is 0 Å². The Morgan fingerprint density at radius 3 is 2.76 bits per heavy atom. The third-order valence-electron chi connectivity index (χ3n) is 2.26. The molecule has 0 fully saturated rings. The molecule has 6 nitrogen and oxygen atoms in total. The molecule has 0 unspecified atom stereocenters. The van der Waals surface area contributed by atoms with E-state index in [4.69, 9.17) is 10.5 Å². The zero-order valence-electron chi connectivity index (χ0n) is 9.97. The summed E-state index contributed by atoms with van der Waals surface area (Å²) < 4.78 is 4.97. The van der Waals surface area contributed by atoms with E-state index in [2.05, 4.69) is 5.32 Å². The van der Waals surface area contributed by atoms with Crippen LogP contribution in [0, 0.1) is 10.1 Å². The fourth-order valence-corrected chi connectivity index (χ4v) is 1.46. The summed E-state index contributed by atoms with van der Waals surface area (Å²) in [4.78, 5) is 10.4. The van der Waals surface area contributed by atoms with Crippen LogP contribution in [0.25, 0.3) is 0 Å². The van der Waals surface area contributed by atoms with Crippen molar-refractivity contribution in [3.05, 3.63) is 34.4 Å². The monoisotopic (exact) mass is 239 g/mol. The van der Waals surface area contributed by atoms with Gasteiger partial charge in [0, 0.05) is 19.7 Å². The lowest BCUT2D eigenvalue weighted by Crippen LogP contribution is -2.47. The number of rotatable bonds is 6. The first-order valence-corrected chi connectivity index (χ1v) is 5.21. The van der Waals surface area contributed by atoms with Gasteiger partial charge in [-0.2, -0.15) is 0 Å². The molecule has 1 aromatic carbocycles. The second kappa shape index (κ2) is 5.60. The molecule has 0 spiro atoms. The topological polar surface area (TPSA) is 90.4 Å². The first kappa shape index (κ1) is 13.4. The quantitative estimate of drug-likeness (QED) is 0.578. The highest BCUT2D eigenvalue weighted by Gasteiger charge is 2.20. The van der Waals surface area contributed by atoms with E-state index in [-0.39, 0.29) is 5.69 Å². The summed E-state index contributed by atoms with van der Waals surface area (Å²) in [5.41, 5.74) is 5.88. The minimum absolute atomic E-state index is 0.0423. The number of benzene rings is 1. The van der Waals surface area contributed by atoms with E-state index in [9.17, 15) is 10.1 Å². The summed E-state index contributed by atoms with van der Waals surface area (Å²) in [6.45, 7) is 2.59. The van der Waals surface area contributed by atoms with Crippen molar-refractivity contribution in [3.8, 4) is 0 Å². The summed E-state index contributed by atoms with van der Waals surface area (Å²) in [7, 11) is 1.57. The van der Waals surface area contributed by atoms with Gasteiger partial charge in [-0.15, -0.1) is 0 Å². The molecule has 0 aliphatic carbocycles. The highest BCUT2D eigenvalue weighted by molar-refractivity contribution is 5.61. The normalized spacial score (nSPS) is 14.1. The van der Waals surface area contributed by atoms with E-state index in [0.29, 0.717) is 18.8 Å². The summed E-state index contributed by atoms with van der Waals surface area (Å²) >= 11 is 0. The van der Waals surface area contributed by atoms with Gasteiger partial charge in [-0.1, -0.05) is 12.1 Å². The van der Waals surface area contributed by atoms with Crippen LogP contribution in [-0.2, 0) is 4.74 Å². The Morgan fingerprint density at radius 1 is 1.53 bits per heavy atom. The molecule has 3 N–H and O–H groups in total. The molecule has 0 aliphatic heterocycles. The molecule has 0 aliphatic rings. The molecule has 17 heavy (non-hydrogen) atoms. The van der Waals surface area contributed by atoms with Gasteiger partial charge in [0.25, 0.3) is 5.69 Å². The number of nitro groups is 1. The molecule has 0 radical (unpaired) electrons. The number of nitrogens with zero attached hydrogens (tertiary/aromatic N) is 1. The Balaban J connectivity index is 2.72. The number of hydrogen-bond donors (Lipinski definition) is 2. The van der Waals surface area contributed by atoms with Gasteiger partial charge in [-0.05, 0) is 13.0 Å².